The normalized spacial score (nSPS) is 29.2. The highest BCUT2D eigenvalue weighted by molar-refractivity contribution is 6.18. The molecule has 140 valence electrons. The lowest BCUT2D eigenvalue weighted by Gasteiger charge is -2.30. The van der Waals surface area contributed by atoms with E-state index in [1.165, 1.54) is 13.8 Å². The largest absolute Gasteiger partial charge is 0.456 e. The summed E-state index contributed by atoms with van der Waals surface area (Å²) in [6, 6.07) is 0. The molecule has 1 aromatic heterocycles. The van der Waals surface area contributed by atoms with Crippen molar-refractivity contribution in [2.24, 2.45) is 5.92 Å². The van der Waals surface area contributed by atoms with Gasteiger partial charge in [0.2, 0.25) is 0 Å². The average molecular weight is 382 g/mol. The summed E-state index contributed by atoms with van der Waals surface area (Å²) in [4.78, 5) is 27.0. The monoisotopic (exact) mass is 381 g/mol. The second kappa shape index (κ2) is 7.22. The molecule has 1 aromatic rings. The molecule has 1 aliphatic heterocycles. The van der Waals surface area contributed by atoms with Crippen LogP contribution in [0.5, 0.6) is 0 Å². The number of nitrogen functional groups attached to an aromatic ring is 1. The number of aliphatic hydroxyl groups excluding tert-OH is 1. The Morgan fingerprint density at radius 3 is 2.80 bits per heavy atom. The molecule has 2 rings (SSSR count). The van der Waals surface area contributed by atoms with Crippen LogP contribution >= 0.6 is 11.6 Å². The van der Waals surface area contributed by atoms with Gasteiger partial charge in [-0.15, -0.1) is 11.6 Å². The van der Waals surface area contributed by atoms with E-state index in [1.54, 1.807) is 0 Å². The Labute approximate surface area is 146 Å². The zero-order valence-corrected chi connectivity index (χ0v) is 14.2. The van der Waals surface area contributed by atoms with Gasteiger partial charge in [0.1, 0.15) is 5.60 Å². The number of hydrogen-bond acceptors (Lipinski definition) is 7. The molecule has 4 unspecified atom stereocenters. The van der Waals surface area contributed by atoms with Gasteiger partial charge in [-0.05, 0) is 0 Å². The summed E-state index contributed by atoms with van der Waals surface area (Å²) in [6.45, 7) is 2.28. The summed E-state index contributed by atoms with van der Waals surface area (Å²) in [6.07, 6.45) is -4.77. The fourth-order valence-electron chi connectivity index (χ4n) is 2.37. The zero-order valence-electron chi connectivity index (χ0n) is 13.5. The maximum atomic E-state index is 14.9. The molecular formula is C14H18ClF2N3O5. The number of alkyl halides is 2. The molecule has 1 fully saturated rings. The van der Waals surface area contributed by atoms with Crippen molar-refractivity contribution < 1.29 is 28.2 Å². The Bertz CT molecular complexity index is 710. The lowest BCUT2D eigenvalue weighted by Crippen LogP contribution is -2.50. The molecule has 0 aromatic carbocycles. The van der Waals surface area contributed by atoms with Crippen LogP contribution in [0.15, 0.2) is 11.0 Å². The first kappa shape index (κ1) is 19.5. The van der Waals surface area contributed by atoms with E-state index < -0.39 is 65.8 Å². The standard InChI is InChI=1S/C14H18ClF2N3O5/c1-6(2)12(22)24-9-8(17)11(25-14(9,4-15)5-21)20-3-7(16)10(18)19-13(20)23/h3,6,8-9,11,21H,4-5H2,1-2H3,(H2,18,19,23). The van der Waals surface area contributed by atoms with Crippen LogP contribution in [0.25, 0.3) is 0 Å². The minimum atomic E-state index is -2.10. The van der Waals surface area contributed by atoms with Crippen LogP contribution in [0.2, 0.25) is 0 Å². The topological polar surface area (TPSA) is 117 Å². The van der Waals surface area contributed by atoms with E-state index in [0.29, 0.717) is 10.8 Å². The molecule has 0 bridgehead atoms. The second-order valence-corrected chi connectivity index (χ2v) is 6.25. The number of anilines is 1. The van der Waals surface area contributed by atoms with Crippen LogP contribution in [0.1, 0.15) is 20.1 Å². The maximum Gasteiger partial charge on any atom is 0.351 e. The van der Waals surface area contributed by atoms with Crippen molar-refractivity contribution in [3.63, 3.8) is 0 Å². The Kier molecular flexibility index (Phi) is 5.65. The first-order valence-electron chi connectivity index (χ1n) is 7.40. The van der Waals surface area contributed by atoms with Gasteiger partial charge in [0, 0.05) is 0 Å². The highest BCUT2D eigenvalue weighted by Gasteiger charge is 2.58. The van der Waals surface area contributed by atoms with Crippen molar-refractivity contribution in [1.82, 2.24) is 9.55 Å². The molecule has 0 spiro atoms. The number of halogens is 3. The number of aliphatic hydroxyl groups is 1. The van der Waals surface area contributed by atoms with Gasteiger partial charge >= 0.3 is 11.7 Å². The molecule has 4 atom stereocenters. The number of carbonyl (C=O) groups is 1. The van der Waals surface area contributed by atoms with Gasteiger partial charge in [0.15, 0.2) is 30.1 Å². The van der Waals surface area contributed by atoms with Crippen LogP contribution in [-0.4, -0.2) is 51.0 Å². The fraction of sp³-hybridized carbons (Fsp3) is 0.643. The van der Waals surface area contributed by atoms with Crippen molar-refractivity contribution in [2.45, 2.75) is 38.0 Å². The van der Waals surface area contributed by atoms with E-state index >= 15 is 0 Å². The highest BCUT2D eigenvalue weighted by atomic mass is 35.5. The number of rotatable bonds is 5. The van der Waals surface area contributed by atoms with E-state index in [0.717, 1.165) is 0 Å². The minimum Gasteiger partial charge on any atom is -0.456 e. The summed E-state index contributed by atoms with van der Waals surface area (Å²) >= 11 is 5.80. The van der Waals surface area contributed by atoms with Gasteiger partial charge < -0.3 is 20.3 Å². The van der Waals surface area contributed by atoms with Crippen molar-refractivity contribution in [1.29, 1.82) is 0 Å². The minimum absolute atomic E-state index is 0.434. The predicted molar refractivity (Wildman–Crippen MR) is 83.1 cm³/mol. The summed E-state index contributed by atoms with van der Waals surface area (Å²) in [7, 11) is 0. The van der Waals surface area contributed by atoms with Gasteiger partial charge in [-0.1, -0.05) is 13.8 Å². The average Bonchev–Trinajstić information content (AvgIpc) is 2.84. The van der Waals surface area contributed by atoms with E-state index in [-0.39, 0.29) is 0 Å². The molecule has 11 heteroatoms. The number of ether oxygens (including phenoxy) is 2. The smallest absolute Gasteiger partial charge is 0.351 e. The third kappa shape index (κ3) is 3.46. The predicted octanol–water partition coefficient (Wildman–Crippen LogP) is 0.369. The Morgan fingerprint density at radius 2 is 2.28 bits per heavy atom. The second-order valence-electron chi connectivity index (χ2n) is 5.99. The number of hydrogen-bond donors (Lipinski definition) is 2. The molecule has 0 amide bonds. The van der Waals surface area contributed by atoms with Gasteiger partial charge in [-0.25, -0.2) is 13.6 Å². The number of nitrogens with two attached hydrogens (primary N) is 1. The molecule has 3 N–H and O–H groups in total. The van der Waals surface area contributed by atoms with E-state index in [1.807, 2.05) is 0 Å². The number of esters is 1. The van der Waals surface area contributed by atoms with Crippen molar-refractivity contribution in [2.75, 3.05) is 18.2 Å². The summed E-state index contributed by atoms with van der Waals surface area (Å²) < 4.78 is 39.6. The van der Waals surface area contributed by atoms with Crippen LogP contribution in [0.4, 0.5) is 14.6 Å². The number of aromatic nitrogens is 2. The first-order chi connectivity index (χ1) is 11.7. The van der Waals surface area contributed by atoms with Gasteiger partial charge in [0.25, 0.3) is 0 Å². The third-order valence-electron chi connectivity index (χ3n) is 3.85. The molecular weight excluding hydrogens is 364 g/mol. The lowest BCUT2D eigenvalue weighted by molar-refractivity contribution is -0.168. The third-order valence-corrected chi connectivity index (χ3v) is 4.30. The quantitative estimate of drug-likeness (QED) is 0.559. The highest BCUT2D eigenvalue weighted by Crippen LogP contribution is 2.41. The molecule has 8 nitrogen and oxygen atoms in total. The zero-order chi connectivity index (χ0) is 18.9. The molecule has 0 saturated carbocycles. The van der Waals surface area contributed by atoms with Crippen LogP contribution in [0.3, 0.4) is 0 Å². The summed E-state index contributed by atoms with van der Waals surface area (Å²) in [5.74, 6) is -3.46. The molecule has 2 heterocycles. The molecule has 0 aliphatic carbocycles. The maximum absolute atomic E-state index is 14.9. The Hall–Kier alpha value is -1.78. The lowest BCUT2D eigenvalue weighted by atomic mass is 9.98. The van der Waals surface area contributed by atoms with E-state index in [2.05, 4.69) is 4.98 Å². The van der Waals surface area contributed by atoms with Crippen LogP contribution in [-0.2, 0) is 14.3 Å². The fourth-order valence-corrected chi connectivity index (χ4v) is 2.67. The van der Waals surface area contributed by atoms with Crippen molar-refractivity contribution >= 4 is 23.4 Å². The van der Waals surface area contributed by atoms with Crippen molar-refractivity contribution in [3.05, 3.63) is 22.5 Å². The molecule has 25 heavy (non-hydrogen) atoms. The Balaban J connectivity index is 2.44. The molecule has 0 radical (unpaired) electrons. The number of carbonyl (C=O) groups excluding carboxylic acids is 1. The van der Waals surface area contributed by atoms with Crippen molar-refractivity contribution in [3.8, 4) is 0 Å². The first-order valence-corrected chi connectivity index (χ1v) is 7.93. The SMILES string of the molecule is CC(C)C(=O)OC1C(F)C(n2cc(F)c(N)nc2=O)OC1(CO)CCl. The van der Waals surface area contributed by atoms with E-state index in [4.69, 9.17) is 26.8 Å². The summed E-state index contributed by atoms with van der Waals surface area (Å²) in [5.41, 5.74) is 2.33. The Morgan fingerprint density at radius 1 is 1.64 bits per heavy atom. The van der Waals surface area contributed by atoms with Gasteiger partial charge in [-0.2, -0.15) is 4.98 Å². The van der Waals surface area contributed by atoms with Crippen LogP contribution in [0, 0.1) is 11.7 Å². The van der Waals surface area contributed by atoms with Crippen LogP contribution < -0.4 is 11.4 Å². The molecule has 1 saturated heterocycles. The van der Waals surface area contributed by atoms with Gasteiger partial charge in [-0.3, -0.25) is 9.36 Å². The number of nitrogens with zero attached hydrogens (tertiary/aromatic N) is 2. The summed E-state index contributed by atoms with van der Waals surface area (Å²) in [5, 5.41) is 9.62. The van der Waals surface area contributed by atoms with E-state index in [9.17, 15) is 23.5 Å². The molecule has 1 aliphatic rings. The van der Waals surface area contributed by atoms with Gasteiger partial charge in [0.05, 0.1) is 24.6 Å².